The van der Waals surface area contributed by atoms with Crippen LogP contribution in [-0.2, 0) is 31.8 Å². The summed E-state index contributed by atoms with van der Waals surface area (Å²) in [6.45, 7) is 7.44. The molecule has 14 heteroatoms. The summed E-state index contributed by atoms with van der Waals surface area (Å²) in [4.78, 5) is 56.3. The number of rotatable bonds is 12. The summed E-state index contributed by atoms with van der Waals surface area (Å²) in [6.07, 6.45) is 0.825. The van der Waals surface area contributed by atoms with Crippen molar-refractivity contribution in [3.63, 3.8) is 0 Å². The monoisotopic (exact) mass is 683 g/mol. The lowest BCUT2D eigenvalue weighted by Crippen LogP contribution is -2.44. The predicted octanol–water partition coefficient (Wildman–Crippen LogP) is 6.38. The van der Waals surface area contributed by atoms with E-state index in [0.717, 1.165) is 0 Å². The van der Waals surface area contributed by atoms with Crippen molar-refractivity contribution < 1.29 is 33.0 Å². The first-order valence-corrected chi connectivity index (χ1v) is 15.4. The van der Waals surface area contributed by atoms with Crippen LogP contribution in [0.2, 0.25) is 0 Å². The number of amides is 2. The second-order valence-corrected chi connectivity index (χ2v) is 13.8. The lowest BCUT2D eigenvalue weighted by molar-refractivity contribution is -0.145. The van der Waals surface area contributed by atoms with E-state index in [9.17, 15) is 19.2 Å². The van der Waals surface area contributed by atoms with Crippen molar-refractivity contribution in [2.75, 3.05) is 31.3 Å². The van der Waals surface area contributed by atoms with Crippen LogP contribution >= 0.6 is 34.8 Å². The molecule has 244 valence electrons. The van der Waals surface area contributed by atoms with E-state index in [1.807, 2.05) is 20.8 Å². The van der Waals surface area contributed by atoms with Crippen LogP contribution < -0.4 is 15.6 Å². The van der Waals surface area contributed by atoms with Gasteiger partial charge in [-0.3, -0.25) is 9.69 Å². The minimum Gasteiger partial charge on any atom is -0.464 e. The van der Waals surface area contributed by atoms with E-state index in [-0.39, 0.29) is 37.0 Å². The van der Waals surface area contributed by atoms with Gasteiger partial charge in [0.25, 0.3) is 0 Å². The van der Waals surface area contributed by atoms with Gasteiger partial charge in [0.05, 0.1) is 18.6 Å². The molecule has 0 radical (unpaired) electrons. The van der Waals surface area contributed by atoms with Crippen molar-refractivity contribution in [3.8, 4) is 0 Å². The molecule has 11 nitrogen and oxygen atoms in total. The van der Waals surface area contributed by atoms with Crippen LogP contribution in [-0.4, -0.2) is 59.3 Å². The lowest BCUT2D eigenvalue weighted by Gasteiger charge is -2.22. The van der Waals surface area contributed by atoms with Gasteiger partial charge in [-0.25, -0.2) is 19.4 Å². The van der Waals surface area contributed by atoms with Gasteiger partial charge in [0.1, 0.15) is 29.8 Å². The summed E-state index contributed by atoms with van der Waals surface area (Å²) in [5.41, 5.74) is 0.410. The van der Waals surface area contributed by atoms with E-state index < -0.39 is 34.6 Å². The summed E-state index contributed by atoms with van der Waals surface area (Å²) < 4.78 is 19.7. The highest BCUT2D eigenvalue weighted by atomic mass is 35.6. The number of carbonyl (C=O) groups excluding carboxylic acids is 3. The minimum atomic E-state index is -1.77. The van der Waals surface area contributed by atoms with Crippen molar-refractivity contribution >= 4 is 69.7 Å². The molecule has 3 rings (SSSR count). The maximum atomic E-state index is 13.1. The van der Waals surface area contributed by atoms with Gasteiger partial charge in [-0.15, -0.1) is 0 Å². The van der Waals surface area contributed by atoms with Gasteiger partial charge in [0.15, 0.2) is 5.43 Å². The molecule has 2 heterocycles. The summed E-state index contributed by atoms with van der Waals surface area (Å²) in [6, 6.07) is 10.4. The molecule has 0 spiro atoms. The first kappa shape index (κ1) is 35.9. The Kier molecular flexibility index (Phi) is 12.9. The number of ether oxygens (including phenoxy) is 3. The molecule has 0 aliphatic heterocycles. The third-order valence-corrected chi connectivity index (χ3v) is 6.42. The average Bonchev–Trinajstić information content (AvgIpc) is 2.97. The SMILES string of the molecule is CCOC(=O)[C@H](Cc1ccc2oc(CCCN(C(=O)OCC(Cl)(Cl)Cl)c3ccccn3)cc(=O)c2c1)NC(=O)OCC(C)(C)C. The molecule has 0 bridgehead atoms. The van der Waals surface area contributed by atoms with E-state index >= 15 is 0 Å². The molecule has 1 atom stereocenters. The first-order chi connectivity index (χ1) is 21.1. The van der Waals surface area contributed by atoms with Crippen LogP contribution in [0.3, 0.4) is 0 Å². The average molecular weight is 685 g/mol. The number of pyridine rings is 1. The zero-order valence-corrected chi connectivity index (χ0v) is 27.7. The van der Waals surface area contributed by atoms with E-state index in [1.54, 1.807) is 43.3 Å². The molecule has 0 saturated carbocycles. The Bertz CT molecular complexity index is 1520. The fraction of sp³-hybridized carbons (Fsp3) is 0.452. The van der Waals surface area contributed by atoms with Crippen molar-refractivity contribution in [2.24, 2.45) is 5.41 Å². The molecule has 3 aromatic rings. The van der Waals surface area contributed by atoms with Crippen LogP contribution in [0.25, 0.3) is 11.0 Å². The third kappa shape index (κ3) is 12.1. The van der Waals surface area contributed by atoms with Gasteiger partial charge in [0, 0.05) is 31.6 Å². The van der Waals surface area contributed by atoms with Gasteiger partial charge >= 0.3 is 18.2 Å². The number of aryl methyl sites for hydroxylation is 1. The fourth-order valence-corrected chi connectivity index (χ4v) is 4.25. The maximum Gasteiger partial charge on any atom is 0.415 e. The second-order valence-electron chi connectivity index (χ2n) is 11.3. The van der Waals surface area contributed by atoms with Gasteiger partial charge < -0.3 is 23.9 Å². The molecular weight excluding hydrogens is 649 g/mol. The molecule has 0 aliphatic carbocycles. The fourth-order valence-electron chi connectivity index (χ4n) is 4.09. The number of carbonyl (C=O) groups is 3. The highest BCUT2D eigenvalue weighted by Gasteiger charge is 2.27. The number of esters is 1. The van der Waals surface area contributed by atoms with E-state index in [4.69, 9.17) is 53.4 Å². The normalized spacial score (nSPS) is 12.3. The smallest absolute Gasteiger partial charge is 0.415 e. The van der Waals surface area contributed by atoms with Crippen molar-refractivity contribution in [1.29, 1.82) is 0 Å². The van der Waals surface area contributed by atoms with E-state index in [1.165, 1.54) is 17.2 Å². The van der Waals surface area contributed by atoms with Crippen LogP contribution in [0.1, 0.15) is 45.4 Å². The Labute approximate surface area is 276 Å². The molecule has 1 N–H and O–H groups in total. The Balaban J connectivity index is 1.71. The summed E-state index contributed by atoms with van der Waals surface area (Å²) >= 11 is 17.1. The van der Waals surface area contributed by atoms with Crippen LogP contribution in [0, 0.1) is 5.41 Å². The maximum absolute atomic E-state index is 13.1. The second kappa shape index (κ2) is 16.1. The predicted molar refractivity (Wildman–Crippen MR) is 172 cm³/mol. The number of nitrogens with one attached hydrogen (secondary N) is 1. The number of benzene rings is 1. The Morgan fingerprint density at radius 1 is 1.02 bits per heavy atom. The largest absolute Gasteiger partial charge is 0.464 e. The number of fused-ring (bicyclic) bond motifs is 1. The standard InChI is InChI=1S/C31H36Cl3N3O8/c1-5-42-27(39)23(36-28(40)43-18-30(2,3)4)16-20-11-12-25-22(15-20)24(38)17-21(45-25)9-8-14-37(26-10-6-7-13-35-26)29(41)44-19-31(32,33)34/h6-7,10-13,15,17,23H,5,8-9,14,16,18-19H2,1-4H3,(H,36,40)/t23-/m0/s1. The summed E-state index contributed by atoms with van der Waals surface area (Å²) in [5.74, 6) is 0.129. The molecule has 0 unspecified atom stereocenters. The minimum absolute atomic E-state index is 0.0678. The number of alkyl carbamates (subject to hydrolysis) is 1. The highest BCUT2D eigenvalue weighted by Crippen LogP contribution is 2.26. The van der Waals surface area contributed by atoms with Crippen LogP contribution in [0.4, 0.5) is 15.4 Å². The Hall–Kier alpha value is -3.54. The Morgan fingerprint density at radius 3 is 2.42 bits per heavy atom. The van der Waals surface area contributed by atoms with Crippen LogP contribution in [0.15, 0.2) is 57.9 Å². The molecule has 0 saturated heterocycles. The van der Waals surface area contributed by atoms with Crippen LogP contribution in [0.5, 0.6) is 0 Å². The number of aromatic nitrogens is 1. The molecular formula is C31H36Cl3N3O8. The molecule has 2 aromatic heterocycles. The van der Waals surface area contributed by atoms with E-state index in [0.29, 0.717) is 41.0 Å². The number of hydrogen-bond donors (Lipinski definition) is 1. The molecule has 2 amide bonds. The van der Waals surface area contributed by atoms with Gasteiger partial charge in [-0.1, -0.05) is 67.7 Å². The molecule has 0 aliphatic rings. The van der Waals surface area contributed by atoms with E-state index in [2.05, 4.69) is 10.3 Å². The van der Waals surface area contributed by atoms with Crippen molar-refractivity contribution in [3.05, 3.63) is 70.2 Å². The summed E-state index contributed by atoms with van der Waals surface area (Å²) in [5, 5.41) is 2.87. The number of anilines is 1. The van der Waals surface area contributed by atoms with Crippen molar-refractivity contribution in [1.82, 2.24) is 10.3 Å². The quantitative estimate of drug-likeness (QED) is 0.131. The summed E-state index contributed by atoms with van der Waals surface area (Å²) in [7, 11) is 0. The third-order valence-electron chi connectivity index (χ3n) is 6.09. The zero-order valence-electron chi connectivity index (χ0n) is 25.4. The van der Waals surface area contributed by atoms with Gasteiger partial charge in [-0.05, 0) is 48.6 Å². The zero-order chi connectivity index (χ0) is 33.2. The molecule has 45 heavy (non-hydrogen) atoms. The highest BCUT2D eigenvalue weighted by molar-refractivity contribution is 6.67. The number of nitrogens with zero attached hydrogens (tertiary/aromatic N) is 2. The van der Waals surface area contributed by atoms with Crippen molar-refractivity contribution in [2.45, 2.75) is 56.8 Å². The topological polar surface area (TPSA) is 137 Å². The van der Waals surface area contributed by atoms with Gasteiger partial charge in [-0.2, -0.15) is 0 Å². The molecule has 0 fully saturated rings. The van der Waals surface area contributed by atoms with Gasteiger partial charge in [0.2, 0.25) is 3.79 Å². The Morgan fingerprint density at radius 2 is 1.78 bits per heavy atom. The number of halogens is 3. The number of alkyl halides is 3. The lowest BCUT2D eigenvalue weighted by atomic mass is 9.99. The first-order valence-electron chi connectivity index (χ1n) is 14.2. The number of hydrogen-bond acceptors (Lipinski definition) is 9. The molecule has 1 aromatic carbocycles.